The van der Waals surface area contributed by atoms with Crippen LogP contribution in [0.4, 0.5) is 0 Å². The molecule has 22 heavy (non-hydrogen) atoms. The molecule has 0 N–H and O–H groups in total. The van der Waals surface area contributed by atoms with Gasteiger partial charge in [-0.05, 0) is 31.2 Å². The van der Waals surface area contributed by atoms with Crippen LogP contribution in [0, 0.1) is 0 Å². The van der Waals surface area contributed by atoms with Crippen molar-refractivity contribution in [1.82, 2.24) is 9.21 Å². The minimum atomic E-state index is -3.61. The van der Waals surface area contributed by atoms with Crippen molar-refractivity contribution in [2.24, 2.45) is 0 Å². The van der Waals surface area contributed by atoms with Gasteiger partial charge in [-0.1, -0.05) is 0 Å². The third-order valence-corrected chi connectivity index (χ3v) is 5.34. The predicted molar refractivity (Wildman–Crippen MR) is 78.8 cm³/mol. The van der Waals surface area contributed by atoms with Crippen molar-refractivity contribution < 1.29 is 22.7 Å². The van der Waals surface area contributed by atoms with Gasteiger partial charge in [0.2, 0.25) is 16.4 Å². The van der Waals surface area contributed by atoms with Crippen LogP contribution in [0.3, 0.4) is 0 Å². The first-order valence-corrected chi connectivity index (χ1v) is 8.39. The largest absolute Gasteiger partial charge is 0.462 e. The lowest BCUT2D eigenvalue weighted by Gasteiger charge is -2.31. The van der Waals surface area contributed by atoms with Gasteiger partial charge in [-0.15, -0.1) is 0 Å². The summed E-state index contributed by atoms with van der Waals surface area (Å²) < 4.78 is 31.2. The van der Waals surface area contributed by atoms with Gasteiger partial charge in [0.05, 0.1) is 17.1 Å². The molecular formula is C14H18N2O5S. The number of amides is 1. The summed E-state index contributed by atoms with van der Waals surface area (Å²) in [5.74, 6) is -0.481. The molecule has 0 spiro atoms. The Morgan fingerprint density at radius 1 is 1.18 bits per heavy atom. The van der Waals surface area contributed by atoms with Gasteiger partial charge in [-0.2, -0.15) is 4.31 Å². The van der Waals surface area contributed by atoms with E-state index >= 15 is 0 Å². The Balaban J connectivity index is 2.13. The fourth-order valence-corrected chi connectivity index (χ4v) is 3.60. The zero-order chi connectivity index (χ0) is 16.2. The number of carbonyl (C=O) groups is 2. The average molecular weight is 326 g/mol. The Kier molecular flexibility index (Phi) is 5.15. The molecule has 120 valence electrons. The van der Waals surface area contributed by atoms with Crippen LogP contribution in [0.1, 0.15) is 17.3 Å². The van der Waals surface area contributed by atoms with Crippen LogP contribution >= 0.6 is 0 Å². The zero-order valence-corrected chi connectivity index (χ0v) is 13.1. The predicted octanol–water partition coefficient (Wildman–Crippen LogP) is 0.326. The van der Waals surface area contributed by atoms with Crippen molar-refractivity contribution >= 4 is 22.4 Å². The molecule has 1 fully saturated rings. The molecule has 0 radical (unpaired) electrons. The second kappa shape index (κ2) is 6.89. The molecule has 1 aromatic rings. The number of hydrogen-bond acceptors (Lipinski definition) is 5. The van der Waals surface area contributed by atoms with Crippen molar-refractivity contribution in [3.63, 3.8) is 0 Å². The lowest BCUT2D eigenvalue weighted by Crippen LogP contribution is -2.47. The molecule has 0 aliphatic carbocycles. The van der Waals surface area contributed by atoms with Gasteiger partial charge >= 0.3 is 5.97 Å². The van der Waals surface area contributed by atoms with E-state index in [4.69, 9.17) is 4.74 Å². The standard InChI is InChI=1S/C14H18N2O5S/c1-2-21-14(18)12-3-5-13(6-4-12)22(19,20)16-9-7-15(11-17)8-10-16/h3-6,11H,2,7-10H2,1H3. The Labute approximate surface area is 129 Å². The van der Waals surface area contributed by atoms with Crippen LogP contribution in [0.5, 0.6) is 0 Å². The van der Waals surface area contributed by atoms with Gasteiger partial charge in [0.15, 0.2) is 0 Å². The quantitative estimate of drug-likeness (QED) is 0.575. The van der Waals surface area contributed by atoms with E-state index in [-0.39, 0.29) is 24.6 Å². The van der Waals surface area contributed by atoms with E-state index in [0.29, 0.717) is 18.7 Å². The lowest BCUT2D eigenvalue weighted by atomic mass is 10.2. The van der Waals surface area contributed by atoms with Crippen LogP contribution in [0.15, 0.2) is 29.2 Å². The molecular weight excluding hydrogens is 308 g/mol. The summed E-state index contributed by atoms with van der Waals surface area (Å²) in [5.41, 5.74) is 0.312. The molecule has 7 nitrogen and oxygen atoms in total. The highest BCUT2D eigenvalue weighted by Crippen LogP contribution is 2.18. The molecule has 0 saturated carbocycles. The molecule has 8 heteroatoms. The minimum Gasteiger partial charge on any atom is -0.462 e. The van der Waals surface area contributed by atoms with Gasteiger partial charge in [-0.25, -0.2) is 13.2 Å². The zero-order valence-electron chi connectivity index (χ0n) is 12.3. The number of esters is 1. The third kappa shape index (κ3) is 3.45. The number of piperazine rings is 1. The molecule has 1 saturated heterocycles. The van der Waals surface area contributed by atoms with E-state index in [9.17, 15) is 18.0 Å². The van der Waals surface area contributed by atoms with Crippen molar-refractivity contribution in [2.45, 2.75) is 11.8 Å². The van der Waals surface area contributed by atoms with Gasteiger partial charge in [0.25, 0.3) is 0 Å². The number of rotatable bonds is 5. The van der Waals surface area contributed by atoms with E-state index in [2.05, 4.69) is 0 Å². The van der Waals surface area contributed by atoms with E-state index in [1.54, 1.807) is 6.92 Å². The summed E-state index contributed by atoms with van der Waals surface area (Å²) in [6.07, 6.45) is 0.720. The molecule has 1 amide bonds. The van der Waals surface area contributed by atoms with Crippen molar-refractivity contribution in [2.75, 3.05) is 32.8 Å². The molecule has 2 rings (SSSR count). The first-order valence-electron chi connectivity index (χ1n) is 6.95. The first-order chi connectivity index (χ1) is 10.5. The Hall–Kier alpha value is -1.93. The SMILES string of the molecule is CCOC(=O)c1ccc(S(=O)(=O)N2CCN(C=O)CC2)cc1. The van der Waals surface area contributed by atoms with Crippen LogP contribution in [0.25, 0.3) is 0 Å². The van der Waals surface area contributed by atoms with E-state index < -0.39 is 16.0 Å². The molecule has 0 bridgehead atoms. The molecule has 1 heterocycles. The van der Waals surface area contributed by atoms with Crippen LogP contribution in [-0.2, 0) is 19.6 Å². The number of nitrogens with zero attached hydrogens (tertiary/aromatic N) is 2. The Bertz CT molecular complexity index is 634. The van der Waals surface area contributed by atoms with E-state index in [0.717, 1.165) is 6.41 Å². The highest BCUT2D eigenvalue weighted by Gasteiger charge is 2.28. The monoisotopic (exact) mass is 326 g/mol. The number of hydrogen-bond donors (Lipinski definition) is 0. The lowest BCUT2D eigenvalue weighted by molar-refractivity contribution is -0.119. The molecule has 1 aliphatic heterocycles. The molecule has 1 aromatic carbocycles. The van der Waals surface area contributed by atoms with E-state index in [1.165, 1.54) is 33.5 Å². The average Bonchev–Trinajstić information content (AvgIpc) is 2.55. The molecule has 1 aliphatic rings. The van der Waals surface area contributed by atoms with Crippen LogP contribution in [-0.4, -0.2) is 62.8 Å². The molecule has 0 aromatic heterocycles. The van der Waals surface area contributed by atoms with Crippen molar-refractivity contribution in [3.8, 4) is 0 Å². The Morgan fingerprint density at radius 2 is 1.77 bits per heavy atom. The first kappa shape index (κ1) is 16.4. The van der Waals surface area contributed by atoms with Gasteiger partial charge in [0.1, 0.15) is 0 Å². The summed E-state index contributed by atoms with van der Waals surface area (Å²) in [6.45, 7) is 3.25. The summed E-state index contributed by atoms with van der Waals surface area (Å²) >= 11 is 0. The van der Waals surface area contributed by atoms with Crippen LogP contribution < -0.4 is 0 Å². The highest BCUT2D eigenvalue weighted by atomic mass is 32.2. The van der Waals surface area contributed by atoms with Gasteiger partial charge < -0.3 is 9.64 Å². The number of carbonyl (C=O) groups excluding carboxylic acids is 2. The number of sulfonamides is 1. The Morgan fingerprint density at radius 3 is 2.27 bits per heavy atom. The summed E-state index contributed by atoms with van der Waals surface area (Å²) in [6, 6.07) is 5.67. The number of ether oxygens (including phenoxy) is 1. The minimum absolute atomic E-state index is 0.125. The van der Waals surface area contributed by atoms with E-state index in [1.807, 2.05) is 0 Å². The van der Waals surface area contributed by atoms with Crippen molar-refractivity contribution in [3.05, 3.63) is 29.8 Å². The second-order valence-corrected chi connectivity index (χ2v) is 6.73. The maximum Gasteiger partial charge on any atom is 0.338 e. The fraction of sp³-hybridized carbons (Fsp3) is 0.429. The van der Waals surface area contributed by atoms with Crippen molar-refractivity contribution in [1.29, 1.82) is 0 Å². The fourth-order valence-electron chi connectivity index (χ4n) is 2.18. The second-order valence-electron chi connectivity index (χ2n) is 4.79. The molecule has 0 atom stereocenters. The normalized spacial score (nSPS) is 16.3. The summed E-state index contributed by atoms with van der Waals surface area (Å²) in [5, 5.41) is 0. The maximum atomic E-state index is 12.5. The van der Waals surface area contributed by atoms with Crippen LogP contribution in [0.2, 0.25) is 0 Å². The topological polar surface area (TPSA) is 84.0 Å². The smallest absolute Gasteiger partial charge is 0.338 e. The number of benzene rings is 1. The molecule has 0 unspecified atom stereocenters. The third-order valence-electron chi connectivity index (χ3n) is 3.43. The summed E-state index contributed by atoms with van der Waals surface area (Å²) in [4.78, 5) is 23.9. The maximum absolute atomic E-state index is 12.5. The highest BCUT2D eigenvalue weighted by molar-refractivity contribution is 7.89. The summed E-state index contributed by atoms with van der Waals surface area (Å²) in [7, 11) is -3.61. The van der Waals surface area contributed by atoms with Gasteiger partial charge in [-0.3, -0.25) is 4.79 Å². The van der Waals surface area contributed by atoms with Gasteiger partial charge in [0, 0.05) is 26.2 Å².